The van der Waals surface area contributed by atoms with Crippen LogP contribution in [0.15, 0.2) is 12.1 Å². The fourth-order valence-electron chi connectivity index (χ4n) is 2.73. The van der Waals surface area contributed by atoms with E-state index < -0.39 is 0 Å². The number of esters is 1. The highest BCUT2D eigenvalue weighted by Gasteiger charge is 2.22. The van der Waals surface area contributed by atoms with Crippen LogP contribution in [0.3, 0.4) is 0 Å². The van der Waals surface area contributed by atoms with E-state index in [1.165, 1.54) is 31.4 Å². The summed E-state index contributed by atoms with van der Waals surface area (Å²) in [4.78, 5) is 16.1. The van der Waals surface area contributed by atoms with Crippen molar-refractivity contribution in [3.8, 4) is 0 Å². The van der Waals surface area contributed by atoms with Gasteiger partial charge in [-0.15, -0.1) is 11.3 Å². The van der Waals surface area contributed by atoms with Crippen molar-refractivity contribution in [1.82, 2.24) is 10.2 Å². The van der Waals surface area contributed by atoms with Crippen LogP contribution in [-0.2, 0) is 22.5 Å². The summed E-state index contributed by atoms with van der Waals surface area (Å²) in [5, 5.41) is 3.54. The van der Waals surface area contributed by atoms with E-state index in [0.29, 0.717) is 12.5 Å². The highest BCUT2D eigenvalue weighted by Crippen LogP contribution is 2.18. The largest absolute Gasteiger partial charge is 0.469 e. The van der Waals surface area contributed by atoms with Gasteiger partial charge in [0.1, 0.15) is 0 Å². The van der Waals surface area contributed by atoms with Crippen LogP contribution in [0.1, 0.15) is 29.5 Å². The Morgan fingerprint density at radius 1 is 1.50 bits per heavy atom. The van der Waals surface area contributed by atoms with Gasteiger partial charge in [-0.05, 0) is 38.1 Å². The first-order chi connectivity index (χ1) is 9.72. The fourth-order valence-corrected chi connectivity index (χ4v) is 3.70. The second-order valence-electron chi connectivity index (χ2n) is 5.18. The van der Waals surface area contributed by atoms with Crippen molar-refractivity contribution >= 4 is 17.3 Å². The Morgan fingerprint density at radius 3 is 3.05 bits per heavy atom. The van der Waals surface area contributed by atoms with E-state index in [2.05, 4.69) is 27.9 Å². The summed E-state index contributed by atoms with van der Waals surface area (Å²) in [6.45, 7) is 6.56. The standard InChI is InChI=1S/C15H24N2O2S/c1-3-17-8-4-5-12(17)10-16-11-14-7-6-13(20-14)9-15(18)19-2/h6-7,12,16H,3-5,8-11H2,1-2H3. The molecule has 2 rings (SSSR count). The van der Waals surface area contributed by atoms with Gasteiger partial charge in [0.2, 0.25) is 0 Å². The van der Waals surface area contributed by atoms with Gasteiger partial charge in [-0.1, -0.05) is 6.92 Å². The Kier molecular flexibility index (Phi) is 6.01. The molecule has 1 fully saturated rings. The van der Waals surface area contributed by atoms with Crippen LogP contribution < -0.4 is 5.32 Å². The molecule has 1 unspecified atom stereocenters. The molecule has 0 spiro atoms. The lowest BCUT2D eigenvalue weighted by molar-refractivity contribution is -0.139. The highest BCUT2D eigenvalue weighted by atomic mass is 32.1. The average Bonchev–Trinajstić information content (AvgIpc) is 3.08. The number of hydrogen-bond acceptors (Lipinski definition) is 5. The number of carbonyl (C=O) groups is 1. The number of methoxy groups -OCH3 is 1. The van der Waals surface area contributed by atoms with Gasteiger partial charge in [-0.2, -0.15) is 0 Å². The first-order valence-corrected chi connectivity index (χ1v) is 8.13. The number of rotatable bonds is 7. The summed E-state index contributed by atoms with van der Waals surface area (Å²) in [5.74, 6) is -0.170. The van der Waals surface area contributed by atoms with Gasteiger partial charge in [-0.25, -0.2) is 0 Å². The average molecular weight is 296 g/mol. The Hall–Kier alpha value is -0.910. The maximum Gasteiger partial charge on any atom is 0.310 e. The molecule has 0 amide bonds. The lowest BCUT2D eigenvalue weighted by Crippen LogP contribution is -2.37. The van der Waals surface area contributed by atoms with Crippen LogP contribution in [-0.4, -0.2) is 43.7 Å². The van der Waals surface area contributed by atoms with Gasteiger partial charge in [0.05, 0.1) is 13.5 Å². The normalized spacial score (nSPS) is 19.4. The van der Waals surface area contributed by atoms with Gasteiger partial charge in [0.25, 0.3) is 0 Å². The SMILES string of the molecule is CCN1CCCC1CNCc1ccc(CC(=O)OC)s1. The molecule has 1 aromatic rings. The number of nitrogens with zero attached hydrogens (tertiary/aromatic N) is 1. The molecule has 5 heteroatoms. The molecule has 0 aliphatic carbocycles. The van der Waals surface area contributed by atoms with Crippen LogP contribution in [0, 0.1) is 0 Å². The van der Waals surface area contributed by atoms with Crippen LogP contribution in [0.5, 0.6) is 0 Å². The van der Waals surface area contributed by atoms with E-state index in [1.807, 2.05) is 6.07 Å². The molecule has 2 heterocycles. The van der Waals surface area contributed by atoms with Gasteiger partial charge in [-0.3, -0.25) is 9.69 Å². The van der Waals surface area contributed by atoms with E-state index in [4.69, 9.17) is 0 Å². The predicted molar refractivity (Wildman–Crippen MR) is 82.0 cm³/mol. The van der Waals surface area contributed by atoms with E-state index in [9.17, 15) is 4.79 Å². The third-order valence-corrected chi connectivity index (χ3v) is 4.93. The van der Waals surface area contributed by atoms with Gasteiger partial charge in [0.15, 0.2) is 0 Å². The maximum absolute atomic E-state index is 11.2. The molecule has 1 atom stereocenters. The smallest absolute Gasteiger partial charge is 0.310 e. The molecule has 0 radical (unpaired) electrons. The summed E-state index contributed by atoms with van der Waals surface area (Å²) >= 11 is 1.69. The number of hydrogen-bond donors (Lipinski definition) is 1. The summed E-state index contributed by atoms with van der Waals surface area (Å²) in [6.07, 6.45) is 3.01. The molecule has 1 aliphatic heterocycles. The van der Waals surface area contributed by atoms with Crippen molar-refractivity contribution < 1.29 is 9.53 Å². The van der Waals surface area contributed by atoms with Crippen LogP contribution in [0.25, 0.3) is 0 Å². The molecular weight excluding hydrogens is 272 g/mol. The lowest BCUT2D eigenvalue weighted by atomic mass is 10.2. The first kappa shape index (κ1) is 15.5. The quantitative estimate of drug-likeness (QED) is 0.782. The molecule has 0 bridgehead atoms. The monoisotopic (exact) mass is 296 g/mol. The zero-order chi connectivity index (χ0) is 14.4. The van der Waals surface area contributed by atoms with Gasteiger partial charge >= 0.3 is 5.97 Å². The van der Waals surface area contributed by atoms with E-state index in [0.717, 1.165) is 24.5 Å². The highest BCUT2D eigenvalue weighted by molar-refractivity contribution is 7.12. The second-order valence-corrected chi connectivity index (χ2v) is 6.43. The van der Waals surface area contributed by atoms with Crippen LogP contribution in [0.4, 0.5) is 0 Å². The first-order valence-electron chi connectivity index (χ1n) is 7.32. The van der Waals surface area contributed by atoms with Gasteiger partial charge < -0.3 is 10.1 Å². The van der Waals surface area contributed by atoms with Crippen LogP contribution in [0.2, 0.25) is 0 Å². The second kappa shape index (κ2) is 7.76. The number of thiophene rings is 1. The maximum atomic E-state index is 11.2. The van der Waals surface area contributed by atoms with Crippen molar-refractivity contribution in [2.24, 2.45) is 0 Å². The molecule has 1 N–H and O–H groups in total. The molecule has 20 heavy (non-hydrogen) atoms. The number of ether oxygens (including phenoxy) is 1. The fraction of sp³-hybridized carbons (Fsp3) is 0.667. The molecule has 0 saturated carbocycles. The van der Waals surface area contributed by atoms with E-state index in [1.54, 1.807) is 11.3 Å². The number of carbonyl (C=O) groups excluding carboxylic acids is 1. The predicted octanol–water partition coefficient (Wildman–Crippen LogP) is 2.04. The van der Waals surface area contributed by atoms with E-state index in [-0.39, 0.29) is 5.97 Å². The molecule has 0 aromatic carbocycles. The minimum absolute atomic E-state index is 0.170. The van der Waals surface area contributed by atoms with Crippen molar-refractivity contribution in [1.29, 1.82) is 0 Å². The Morgan fingerprint density at radius 2 is 2.30 bits per heavy atom. The summed E-state index contributed by atoms with van der Waals surface area (Å²) in [6, 6.07) is 4.81. The number of nitrogens with one attached hydrogen (secondary N) is 1. The summed E-state index contributed by atoms with van der Waals surface area (Å²) in [7, 11) is 1.43. The molecular formula is C15H24N2O2S. The summed E-state index contributed by atoms with van der Waals surface area (Å²) in [5.41, 5.74) is 0. The van der Waals surface area contributed by atoms with Crippen molar-refractivity contribution in [3.05, 3.63) is 21.9 Å². The topological polar surface area (TPSA) is 41.6 Å². The number of likely N-dealkylation sites (tertiary alicyclic amines) is 1. The Balaban J connectivity index is 1.73. The molecule has 1 saturated heterocycles. The molecule has 1 aromatic heterocycles. The van der Waals surface area contributed by atoms with Crippen molar-refractivity contribution in [2.75, 3.05) is 26.7 Å². The molecule has 1 aliphatic rings. The van der Waals surface area contributed by atoms with Crippen molar-refractivity contribution in [2.45, 2.75) is 38.8 Å². The van der Waals surface area contributed by atoms with Gasteiger partial charge in [0, 0.05) is 28.9 Å². The van der Waals surface area contributed by atoms with E-state index >= 15 is 0 Å². The Labute approximate surface area is 125 Å². The zero-order valence-electron chi connectivity index (χ0n) is 12.4. The Bertz CT molecular complexity index is 433. The summed E-state index contributed by atoms with van der Waals surface area (Å²) < 4.78 is 4.68. The van der Waals surface area contributed by atoms with Crippen LogP contribution >= 0.6 is 11.3 Å². The third-order valence-electron chi connectivity index (χ3n) is 3.85. The minimum Gasteiger partial charge on any atom is -0.469 e. The van der Waals surface area contributed by atoms with Crippen molar-refractivity contribution in [3.63, 3.8) is 0 Å². The third kappa shape index (κ3) is 4.30. The minimum atomic E-state index is -0.170. The zero-order valence-corrected chi connectivity index (χ0v) is 13.2. The molecule has 4 nitrogen and oxygen atoms in total. The molecule has 112 valence electrons. The number of likely N-dealkylation sites (N-methyl/N-ethyl adjacent to an activating group) is 1. The lowest BCUT2D eigenvalue weighted by Gasteiger charge is -2.22.